The van der Waals surface area contributed by atoms with Crippen LogP contribution in [0, 0.1) is 11.8 Å². The van der Waals surface area contributed by atoms with E-state index in [1.807, 2.05) is 13.8 Å². The Labute approximate surface area is 134 Å². The molecule has 2 aliphatic rings. The van der Waals surface area contributed by atoms with Crippen LogP contribution in [0.3, 0.4) is 0 Å². The monoisotopic (exact) mass is 316 g/mol. The van der Waals surface area contributed by atoms with Crippen molar-refractivity contribution in [1.29, 1.82) is 0 Å². The first-order chi connectivity index (χ1) is 11.0. The molecule has 1 saturated carbocycles. The number of carbonyl (C=O) groups is 3. The number of para-hydroxylation sites is 2. The van der Waals surface area contributed by atoms with Gasteiger partial charge in [-0.2, -0.15) is 0 Å². The van der Waals surface area contributed by atoms with Crippen LogP contribution in [0.2, 0.25) is 0 Å². The highest BCUT2D eigenvalue weighted by Crippen LogP contribution is 2.38. The average molecular weight is 316 g/mol. The summed E-state index contributed by atoms with van der Waals surface area (Å²) in [6, 6.07) is 6.83. The lowest BCUT2D eigenvalue weighted by atomic mass is 10.1. The van der Waals surface area contributed by atoms with E-state index in [1.54, 1.807) is 24.3 Å². The molecule has 0 saturated heterocycles. The summed E-state index contributed by atoms with van der Waals surface area (Å²) in [5.74, 6) is -0.486. The Morgan fingerprint density at radius 2 is 2.00 bits per heavy atom. The molecule has 3 atom stereocenters. The summed E-state index contributed by atoms with van der Waals surface area (Å²) in [5, 5.41) is 2.80. The Morgan fingerprint density at radius 1 is 1.30 bits per heavy atom. The van der Waals surface area contributed by atoms with Crippen LogP contribution < -0.4 is 10.2 Å². The van der Waals surface area contributed by atoms with Crippen molar-refractivity contribution >= 4 is 29.2 Å². The van der Waals surface area contributed by atoms with E-state index in [2.05, 4.69) is 5.32 Å². The van der Waals surface area contributed by atoms with Gasteiger partial charge in [0.1, 0.15) is 0 Å². The number of nitrogens with one attached hydrogen (secondary N) is 1. The van der Waals surface area contributed by atoms with Crippen molar-refractivity contribution in [2.24, 2.45) is 11.8 Å². The molecule has 1 aromatic rings. The molecule has 0 aromatic heterocycles. The Hall–Kier alpha value is -2.37. The van der Waals surface area contributed by atoms with Gasteiger partial charge in [-0.1, -0.05) is 19.1 Å². The fraction of sp³-hybridized carbons (Fsp3) is 0.471. The topological polar surface area (TPSA) is 75.7 Å². The number of benzene rings is 1. The van der Waals surface area contributed by atoms with Crippen LogP contribution in [-0.2, 0) is 19.1 Å². The number of fused-ring (bicyclic) bond motifs is 1. The second-order valence-corrected chi connectivity index (χ2v) is 6.31. The minimum atomic E-state index is -0.317. The van der Waals surface area contributed by atoms with Crippen molar-refractivity contribution in [1.82, 2.24) is 0 Å². The van der Waals surface area contributed by atoms with Crippen LogP contribution in [0.25, 0.3) is 0 Å². The molecule has 1 heterocycles. The fourth-order valence-electron chi connectivity index (χ4n) is 2.93. The largest absolute Gasteiger partial charge is 0.455 e. The number of nitrogens with zero attached hydrogens (tertiary/aromatic N) is 1. The molecule has 1 aromatic carbocycles. The zero-order chi connectivity index (χ0) is 16.6. The van der Waals surface area contributed by atoms with Gasteiger partial charge in [-0.25, -0.2) is 0 Å². The highest BCUT2D eigenvalue weighted by atomic mass is 16.5. The van der Waals surface area contributed by atoms with E-state index in [1.165, 1.54) is 4.90 Å². The molecule has 122 valence electrons. The van der Waals surface area contributed by atoms with Crippen LogP contribution >= 0.6 is 0 Å². The first kappa shape index (κ1) is 15.5. The summed E-state index contributed by atoms with van der Waals surface area (Å²) < 4.78 is 5.15. The molecule has 1 aliphatic carbocycles. The lowest BCUT2D eigenvalue weighted by Gasteiger charge is -2.27. The number of rotatable bonds is 3. The standard InChI is InChI=1S/C17H20N2O4/c1-10-7-12(10)17(22)23-9-16(21)19-11(2)8-15(20)18-13-5-3-4-6-14(13)19/h3-6,10-12H,7-9H2,1-2H3,(H,18,20)/t10-,11-,12+/m0/s1. The highest BCUT2D eigenvalue weighted by Gasteiger charge is 2.41. The van der Waals surface area contributed by atoms with E-state index < -0.39 is 0 Å². The van der Waals surface area contributed by atoms with Gasteiger partial charge < -0.3 is 15.0 Å². The summed E-state index contributed by atoms with van der Waals surface area (Å²) >= 11 is 0. The maximum absolute atomic E-state index is 12.6. The molecule has 6 heteroatoms. The molecule has 6 nitrogen and oxygen atoms in total. The van der Waals surface area contributed by atoms with Gasteiger partial charge in [0.15, 0.2) is 6.61 Å². The Kier molecular flexibility index (Phi) is 4.07. The molecule has 0 bridgehead atoms. The number of amides is 2. The number of hydrogen-bond donors (Lipinski definition) is 1. The smallest absolute Gasteiger partial charge is 0.309 e. The predicted octanol–water partition coefficient (Wildman–Crippen LogP) is 1.95. The predicted molar refractivity (Wildman–Crippen MR) is 84.9 cm³/mol. The van der Waals surface area contributed by atoms with E-state index in [4.69, 9.17) is 4.74 Å². The number of anilines is 2. The summed E-state index contributed by atoms with van der Waals surface area (Å²) in [6.07, 6.45) is 1.03. The van der Waals surface area contributed by atoms with Gasteiger partial charge in [0, 0.05) is 12.5 Å². The zero-order valence-electron chi connectivity index (χ0n) is 13.2. The van der Waals surface area contributed by atoms with Crippen LogP contribution in [0.15, 0.2) is 24.3 Å². The van der Waals surface area contributed by atoms with Crippen molar-refractivity contribution in [2.45, 2.75) is 32.7 Å². The first-order valence-electron chi connectivity index (χ1n) is 7.85. The van der Waals surface area contributed by atoms with Gasteiger partial charge >= 0.3 is 5.97 Å². The lowest BCUT2D eigenvalue weighted by Crippen LogP contribution is -2.41. The second-order valence-electron chi connectivity index (χ2n) is 6.31. The molecule has 3 rings (SSSR count). The normalized spacial score (nSPS) is 25.9. The van der Waals surface area contributed by atoms with Crippen molar-refractivity contribution < 1.29 is 19.1 Å². The average Bonchev–Trinajstić information content (AvgIpc) is 3.24. The minimum absolute atomic E-state index is 0.0695. The maximum atomic E-state index is 12.6. The maximum Gasteiger partial charge on any atom is 0.309 e. The molecule has 0 unspecified atom stereocenters. The third kappa shape index (κ3) is 3.21. The molecular formula is C17H20N2O4. The number of esters is 1. The van der Waals surface area contributed by atoms with Crippen molar-refractivity contribution in [2.75, 3.05) is 16.8 Å². The summed E-state index contributed by atoms with van der Waals surface area (Å²) in [4.78, 5) is 37.8. The second kappa shape index (κ2) is 6.02. The van der Waals surface area contributed by atoms with Crippen LogP contribution in [0.5, 0.6) is 0 Å². The van der Waals surface area contributed by atoms with Gasteiger partial charge in [0.05, 0.1) is 17.3 Å². The van der Waals surface area contributed by atoms with Gasteiger partial charge in [-0.05, 0) is 31.4 Å². The van der Waals surface area contributed by atoms with Gasteiger partial charge in [0.25, 0.3) is 5.91 Å². The third-order valence-corrected chi connectivity index (χ3v) is 4.38. The van der Waals surface area contributed by atoms with Gasteiger partial charge in [0.2, 0.25) is 5.91 Å². The van der Waals surface area contributed by atoms with E-state index in [-0.39, 0.29) is 42.8 Å². The summed E-state index contributed by atoms with van der Waals surface area (Å²) in [5.41, 5.74) is 1.23. The van der Waals surface area contributed by atoms with Gasteiger partial charge in [-0.15, -0.1) is 0 Å². The number of hydrogen-bond acceptors (Lipinski definition) is 4. The molecule has 1 N–H and O–H groups in total. The van der Waals surface area contributed by atoms with Crippen molar-refractivity contribution in [3.8, 4) is 0 Å². The van der Waals surface area contributed by atoms with Crippen molar-refractivity contribution in [3.63, 3.8) is 0 Å². The number of ether oxygens (including phenoxy) is 1. The van der Waals surface area contributed by atoms with Gasteiger partial charge in [-0.3, -0.25) is 14.4 Å². The van der Waals surface area contributed by atoms with Crippen LogP contribution in [0.1, 0.15) is 26.7 Å². The van der Waals surface area contributed by atoms with Crippen molar-refractivity contribution in [3.05, 3.63) is 24.3 Å². The summed E-state index contributed by atoms with van der Waals surface area (Å²) in [7, 11) is 0. The van der Waals surface area contributed by atoms with Crippen LogP contribution in [0.4, 0.5) is 11.4 Å². The van der Waals surface area contributed by atoms with E-state index >= 15 is 0 Å². The molecule has 23 heavy (non-hydrogen) atoms. The lowest BCUT2D eigenvalue weighted by molar-refractivity contribution is -0.149. The molecule has 2 amide bonds. The third-order valence-electron chi connectivity index (χ3n) is 4.38. The Balaban J connectivity index is 1.75. The highest BCUT2D eigenvalue weighted by molar-refractivity contribution is 6.05. The number of carbonyl (C=O) groups excluding carboxylic acids is 3. The quantitative estimate of drug-likeness (QED) is 0.865. The van der Waals surface area contributed by atoms with E-state index in [0.717, 1.165) is 6.42 Å². The zero-order valence-corrected chi connectivity index (χ0v) is 13.2. The fourth-order valence-corrected chi connectivity index (χ4v) is 2.93. The summed E-state index contributed by atoms with van der Waals surface area (Å²) in [6.45, 7) is 3.50. The Bertz CT molecular complexity index is 658. The van der Waals surface area contributed by atoms with E-state index in [0.29, 0.717) is 17.3 Å². The minimum Gasteiger partial charge on any atom is -0.455 e. The van der Waals surface area contributed by atoms with Crippen LogP contribution in [-0.4, -0.2) is 30.4 Å². The molecule has 0 spiro atoms. The molecule has 1 aliphatic heterocycles. The molecule has 0 radical (unpaired) electrons. The van der Waals surface area contributed by atoms with E-state index in [9.17, 15) is 14.4 Å². The first-order valence-corrected chi connectivity index (χ1v) is 7.85. The molecular weight excluding hydrogens is 296 g/mol. The molecule has 1 fully saturated rings. The SMILES string of the molecule is C[C@H]1C[C@H]1C(=O)OCC(=O)N1c2ccccc2NC(=O)C[C@@H]1C. The Morgan fingerprint density at radius 3 is 2.70 bits per heavy atom.